The number of amides is 1. The van der Waals surface area contributed by atoms with Crippen molar-refractivity contribution in [3.63, 3.8) is 0 Å². The number of nitrogens with two attached hydrogens (primary N) is 1. The minimum Gasteiger partial charge on any atom is -0.480 e. The molecule has 5 nitrogen and oxygen atoms in total. The molecule has 1 amide bonds. The zero-order valence-electron chi connectivity index (χ0n) is 10.8. The summed E-state index contributed by atoms with van der Waals surface area (Å²) in [5, 5.41) is 11.5. The highest BCUT2D eigenvalue weighted by molar-refractivity contribution is 7.98. The minimum atomic E-state index is -1.00. The van der Waals surface area contributed by atoms with E-state index in [1.165, 1.54) is 0 Å². The number of carboxylic acid groups (broad SMARTS) is 1. The zero-order valence-corrected chi connectivity index (χ0v) is 11.6. The standard InChI is InChI=1S/C13H18N2O3S/c1-19-7-6-11(13(17)18)15-12(16)8-9-2-4-10(14)5-3-9/h2-5,11H,6-8,14H2,1H3,(H,15,16)(H,17,18). The van der Waals surface area contributed by atoms with Crippen LogP contribution in [0.5, 0.6) is 0 Å². The van der Waals surface area contributed by atoms with Crippen LogP contribution < -0.4 is 11.1 Å². The molecule has 1 rings (SSSR count). The first-order chi connectivity index (χ1) is 9.02. The van der Waals surface area contributed by atoms with Gasteiger partial charge in [0.2, 0.25) is 5.91 Å². The van der Waals surface area contributed by atoms with Crippen molar-refractivity contribution >= 4 is 29.3 Å². The van der Waals surface area contributed by atoms with E-state index in [1.54, 1.807) is 36.0 Å². The lowest BCUT2D eigenvalue weighted by atomic mass is 10.1. The molecule has 0 saturated heterocycles. The van der Waals surface area contributed by atoms with Gasteiger partial charge in [-0.1, -0.05) is 12.1 Å². The van der Waals surface area contributed by atoms with Crippen LogP contribution in [0.4, 0.5) is 5.69 Å². The Balaban J connectivity index is 2.52. The van der Waals surface area contributed by atoms with Gasteiger partial charge in [-0.2, -0.15) is 11.8 Å². The number of carboxylic acids is 1. The van der Waals surface area contributed by atoms with Crippen molar-refractivity contribution in [2.24, 2.45) is 0 Å². The predicted molar refractivity (Wildman–Crippen MR) is 77.1 cm³/mol. The van der Waals surface area contributed by atoms with Crippen LogP contribution in [0.15, 0.2) is 24.3 Å². The van der Waals surface area contributed by atoms with Gasteiger partial charge in [-0.05, 0) is 36.1 Å². The fourth-order valence-corrected chi connectivity index (χ4v) is 2.03. The molecule has 1 atom stereocenters. The molecular weight excluding hydrogens is 264 g/mol. The fourth-order valence-electron chi connectivity index (χ4n) is 1.56. The Hall–Kier alpha value is -1.69. The zero-order chi connectivity index (χ0) is 14.3. The van der Waals surface area contributed by atoms with Crippen LogP contribution in [0.25, 0.3) is 0 Å². The highest BCUT2D eigenvalue weighted by atomic mass is 32.2. The second-order valence-corrected chi connectivity index (χ2v) is 5.14. The van der Waals surface area contributed by atoms with E-state index >= 15 is 0 Å². The van der Waals surface area contributed by atoms with Crippen molar-refractivity contribution in [3.05, 3.63) is 29.8 Å². The van der Waals surface area contributed by atoms with Crippen LogP contribution in [0.3, 0.4) is 0 Å². The van der Waals surface area contributed by atoms with Gasteiger partial charge in [-0.3, -0.25) is 4.79 Å². The molecule has 1 aromatic rings. The average Bonchev–Trinajstić information content (AvgIpc) is 2.37. The second-order valence-electron chi connectivity index (χ2n) is 4.16. The average molecular weight is 282 g/mol. The molecule has 0 aliphatic rings. The lowest BCUT2D eigenvalue weighted by Gasteiger charge is -2.13. The number of nitrogen functional groups attached to an aromatic ring is 1. The molecule has 104 valence electrons. The summed E-state index contributed by atoms with van der Waals surface area (Å²) in [7, 11) is 0. The number of benzene rings is 1. The molecule has 0 aliphatic heterocycles. The van der Waals surface area contributed by atoms with Crippen LogP contribution in [0.2, 0.25) is 0 Å². The Kier molecular flexibility index (Phi) is 6.21. The van der Waals surface area contributed by atoms with E-state index in [2.05, 4.69) is 5.32 Å². The first kappa shape index (κ1) is 15.4. The molecule has 0 spiro atoms. The quantitative estimate of drug-likeness (QED) is 0.652. The second kappa shape index (κ2) is 7.68. The van der Waals surface area contributed by atoms with Crippen molar-refractivity contribution < 1.29 is 14.7 Å². The smallest absolute Gasteiger partial charge is 0.326 e. The Morgan fingerprint density at radius 1 is 1.37 bits per heavy atom. The lowest BCUT2D eigenvalue weighted by Crippen LogP contribution is -2.41. The van der Waals surface area contributed by atoms with E-state index in [0.717, 1.165) is 5.56 Å². The summed E-state index contributed by atoms with van der Waals surface area (Å²) in [6, 6.07) is 6.11. The highest BCUT2D eigenvalue weighted by Crippen LogP contribution is 2.07. The van der Waals surface area contributed by atoms with Crippen LogP contribution in [0, 0.1) is 0 Å². The number of rotatable bonds is 7. The molecule has 0 aromatic heterocycles. The maximum atomic E-state index is 11.8. The predicted octanol–water partition coefficient (Wildman–Crippen LogP) is 1.13. The first-order valence-electron chi connectivity index (χ1n) is 5.88. The molecule has 0 radical (unpaired) electrons. The third-order valence-electron chi connectivity index (χ3n) is 2.59. The van der Waals surface area contributed by atoms with Crippen molar-refractivity contribution in [3.8, 4) is 0 Å². The molecule has 0 heterocycles. The van der Waals surface area contributed by atoms with Gasteiger partial charge in [0.1, 0.15) is 6.04 Å². The number of hydrogen-bond donors (Lipinski definition) is 3. The molecule has 6 heteroatoms. The summed E-state index contributed by atoms with van der Waals surface area (Å²) in [4.78, 5) is 22.8. The van der Waals surface area contributed by atoms with E-state index in [-0.39, 0.29) is 12.3 Å². The van der Waals surface area contributed by atoms with Gasteiger partial charge in [0, 0.05) is 5.69 Å². The molecule has 4 N–H and O–H groups in total. The normalized spacial score (nSPS) is 11.8. The molecule has 0 aliphatic carbocycles. The molecular formula is C13H18N2O3S. The number of hydrogen-bond acceptors (Lipinski definition) is 4. The Bertz CT molecular complexity index is 434. The third-order valence-corrected chi connectivity index (χ3v) is 3.23. The summed E-state index contributed by atoms with van der Waals surface area (Å²) in [5.74, 6) is -0.600. The van der Waals surface area contributed by atoms with E-state index in [4.69, 9.17) is 10.8 Å². The van der Waals surface area contributed by atoms with Crippen LogP contribution in [0.1, 0.15) is 12.0 Å². The summed E-state index contributed by atoms with van der Waals surface area (Å²) in [6.07, 6.45) is 2.47. The van der Waals surface area contributed by atoms with Gasteiger partial charge in [0.05, 0.1) is 6.42 Å². The SMILES string of the molecule is CSCCC(NC(=O)Cc1ccc(N)cc1)C(=O)O. The molecule has 1 unspecified atom stereocenters. The Morgan fingerprint density at radius 3 is 2.53 bits per heavy atom. The largest absolute Gasteiger partial charge is 0.480 e. The molecule has 0 bridgehead atoms. The minimum absolute atomic E-state index is 0.156. The summed E-state index contributed by atoms with van der Waals surface area (Å²) in [6.45, 7) is 0. The number of carbonyl (C=O) groups excluding carboxylic acids is 1. The summed E-state index contributed by atoms with van der Waals surface area (Å²) >= 11 is 1.55. The van der Waals surface area contributed by atoms with Gasteiger partial charge in [0.25, 0.3) is 0 Å². The lowest BCUT2D eigenvalue weighted by molar-refractivity contribution is -0.141. The van der Waals surface area contributed by atoms with E-state index < -0.39 is 12.0 Å². The van der Waals surface area contributed by atoms with Crippen molar-refractivity contribution in [1.82, 2.24) is 5.32 Å². The van der Waals surface area contributed by atoms with Crippen LogP contribution >= 0.6 is 11.8 Å². The monoisotopic (exact) mass is 282 g/mol. The maximum absolute atomic E-state index is 11.8. The molecule has 1 aromatic carbocycles. The number of aliphatic carboxylic acids is 1. The van der Waals surface area contributed by atoms with Gasteiger partial charge in [0.15, 0.2) is 0 Å². The van der Waals surface area contributed by atoms with Gasteiger partial charge in [-0.15, -0.1) is 0 Å². The van der Waals surface area contributed by atoms with E-state index in [0.29, 0.717) is 17.9 Å². The fraction of sp³-hybridized carbons (Fsp3) is 0.385. The van der Waals surface area contributed by atoms with E-state index in [9.17, 15) is 9.59 Å². The van der Waals surface area contributed by atoms with Gasteiger partial charge >= 0.3 is 5.97 Å². The van der Waals surface area contributed by atoms with Crippen LogP contribution in [-0.4, -0.2) is 35.0 Å². The van der Waals surface area contributed by atoms with Crippen molar-refractivity contribution in [1.29, 1.82) is 0 Å². The van der Waals surface area contributed by atoms with Crippen molar-refractivity contribution in [2.75, 3.05) is 17.7 Å². The topological polar surface area (TPSA) is 92.4 Å². The molecule has 0 fully saturated rings. The number of carbonyl (C=O) groups is 2. The maximum Gasteiger partial charge on any atom is 0.326 e. The number of anilines is 1. The third kappa shape index (κ3) is 5.65. The van der Waals surface area contributed by atoms with Gasteiger partial charge in [-0.25, -0.2) is 4.79 Å². The van der Waals surface area contributed by atoms with Crippen molar-refractivity contribution in [2.45, 2.75) is 18.9 Å². The molecule has 0 saturated carbocycles. The Morgan fingerprint density at radius 2 is 2.00 bits per heavy atom. The van der Waals surface area contributed by atoms with Crippen LogP contribution in [-0.2, 0) is 16.0 Å². The van der Waals surface area contributed by atoms with Gasteiger partial charge < -0.3 is 16.2 Å². The highest BCUT2D eigenvalue weighted by Gasteiger charge is 2.19. The van der Waals surface area contributed by atoms with E-state index in [1.807, 2.05) is 6.26 Å². The summed E-state index contributed by atoms with van der Waals surface area (Å²) in [5.41, 5.74) is 6.99. The number of nitrogens with one attached hydrogen (secondary N) is 1. The first-order valence-corrected chi connectivity index (χ1v) is 7.28. The summed E-state index contributed by atoms with van der Waals surface area (Å²) < 4.78 is 0. The Labute approximate surface area is 116 Å². The molecule has 19 heavy (non-hydrogen) atoms. The number of thioether (sulfide) groups is 1.